The van der Waals surface area contributed by atoms with Crippen LogP contribution in [0.4, 0.5) is 0 Å². The van der Waals surface area contributed by atoms with Crippen molar-refractivity contribution in [2.45, 2.75) is 22.9 Å². The summed E-state index contributed by atoms with van der Waals surface area (Å²) in [5, 5.41) is 11.5. The Morgan fingerprint density at radius 1 is 1.22 bits per heavy atom. The summed E-state index contributed by atoms with van der Waals surface area (Å²) in [6.07, 6.45) is 1.15. The fourth-order valence-corrected chi connectivity index (χ4v) is 2.66. The van der Waals surface area contributed by atoms with Gasteiger partial charge in [0.25, 0.3) is 0 Å². The highest BCUT2D eigenvalue weighted by Gasteiger charge is 2.06. The summed E-state index contributed by atoms with van der Waals surface area (Å²) in [5.41, 5.74) is 0.788. The van der Waals surface area contributed by atoms with E-state index in [1.165, 1.54) is 11.8 Å². The molecule has 0 saturated heterocycles. The molecule has 0 saturated carbocycles. The number of rotatable bonds is 3. The molecule has 0 spiro atoms. The van der Waals surface area contributed by atoms with Crippen LogP contribution in [-0.4, -0.2) is 10.1 Å². The molecule has 1 aromatic carbocycles. The standard InChI is InChI=1S/C13H11Cl2NOS/c1-8(17)9-2-5-13(16-7-9)18-12-6-10(14)3-4-11(12)15/h2-8,17H,1H3. The number of nitrogens with zero attached hydrogens (tertiary/aromatic N) is 1. The molecule has 0 aliphatic carbocycles. The molecule has 0 amide bonds. The van der Waals surface area contributed by atoms with Crippen LogP contribution in [0.25, 0.3) is 0 Å². The van der Waals surface area contributed by atoms with E-state index in [1.54, 1.807) is 31.3 Å². The van der Waals surface area contributed by atoms with Crippen LogP contribution in [0.5, 0.6) is 0 Å². The van der Waals surface area contributed by atoms with E-state index in [9.17, 15) is 5.11 Å². The lowest BCUT2D eigenvalue weighted by atomic mass is 10.2. The molecule has 94 valence electrons. The molecule has 1 aromatic heterocycles. The summed E-state index contributed by atoms with van der Waals surface area (Å²) in [5.74, 6) is 0. The highest BCUT2D eigenvalue weighted by molar-refractivity contribution is 7.99. The Morgan fingerprint density at radius 2 is 2.00 bits per heavy atom. The van der Waals surface area contributed by atoms with Gasteiger partial charge in [0.1, 0.15) is 5.03 Å². The molecule has 0 radical (unpaired) electrons. The van der Waals surface area contributed by atoms with Gasteiger partial charge in [0, 0.05) is 16.1 Å². The second kappa shape index (κ2) is 5.93. The van der Waals surface area contributed by atoms with Crippen molar-refractivity contribution >= 4 is 35.0 Å². The lowest BCUT2D eigenvalue weighted by molar-refractivity contribution is 0.198. The first-order chi connectivity index (χ1) is 8.56. The van der Waals surface area contributed by atoms with Gasteiger partial charge in [-0.2, -0.15) is 0 Å². The zero-order chi connectivity index (χ0) is 13.1. The van der Waals surface area contributed by atoms with Gasteiger partial charge in [0.05, 0.1) is 11.1 Å². The minimum atomic E-state index is -0.508. The average Bonchev–Trinajstić information content (AvgIpc) is 2.34. The van der Waals surface area contributed by atoms with E-state index < -0.39 is 6.10 Å². The predicted molar refractivity (Wildman–Crippen MR) is 75.5 cm³/mol. The Kier molecular flexibility index (Phi) is 4.51. The predicted octanol–water partition coefficient (Wildman–Crippen LogP) is 4.59. The molecule has 5 heteroatoms. The first-order valence-corrected chi connectivity index (χ1v) is 6.90. The van der Waals surface area contributed by atoms with E-state index in [0.717, 1.165) is 15.5 Å². The Morgan fingerprint density at radius 3 is 2.61 bits per heavy atom. The van der Waals surface area contributed by atoms with E-state index >= 15 is 0 Å². The van der Waals surface area contributed by atoms with Crippen molar-refractivity contribution in [3.8, 4) is 0 Å². The van der Waals surface area contributed by atoms with Crippen LogP contribution in [0.1, 0.15) is 18.6 Å². The second-order valence-corrected chi connectivity index (χ2v) is 5.69. The summed E-state index contributed by atoms with van der Waals surface area (Å²) >= 11 is 13.4. The van der Waals surface area contributed by atoms with Crippen molar-refractivity contribution in [2.75, 3.05) is 0 Å². The monoisotopic (exact) mass is 299 g/mol. The molecule has 2 nitrogen and oxygen atoms in total. The Labute approximate surface area is 120 Å². The lowest BCUT2D eigenvalue weighted by Gasteiger charge is -2.06. The molecular formula is C13H11Cl2NOS. The van der Waals surface area contributed by atoms with Gasteiger partial charge in [-0.05, 0) is 36.8 Å². The molecule has 2 aromatic rings. The maximum atomic E-state index is 9.40. The number of hydrogen-bond acceptors (Lipinski definition) is 3. The van der Waals surface area contributed by atoms with Gasteiger partial charge in [-0.3, -0.25) is 0 Å². The molecule has 0 fully saturated rings. The zero-order valence-corrected chi connectivity index (χ0v) is 11.9. The maximum absolute atomic E-state index is 9.40. The average molecular weight is 300 g/mol. The van der Waals surface area contributed by atoms with Crippen LogP contribution >= 0.6 is 35.0 Å². The summed E-state index contributed by atoms with van der Waals surface area (Å²) in [6, 6.07) is 9.01. The van der Waals surface area contributed by atoms with Gasteiger partial charge in [-0.1, -0.05) is 41.0 Å². The highest BCUT2D eigenvalue weighted by atomic mass is 35.5. The van der Waals surface area contributed by atoms with Crippen molar-refractivity contribution in [1.29, 1.82) is 0 Å². The summed E-state index contributed by atoms with van der Waals surface area (Å²) in [6.45, 7) is 1.71. The SMILES string of the molecule is CC(O)c1ccc(Sc2cc(Cl)ccc2Cl)nc1. The molecule has 0 aliphatic rings. The molecule has 2 rings (SSSR count). The number of halogens is 2. The van der Waals surface area contributed by atoms with E-state index in [4.69, 9.17) is 23.2 Å². The number of hydrogen-bond donors (Lipinski definition) is 1. The minimum Gasteiger partial charge on any atom is -0.389 e. The van der Waals surface area contributed by atoms with Crippen LogP contribution in [0.2, 0.25) is 10.0 Å². The second-order valence-electron chi connectivity index (χ2n) is 3.78. The first-order valence-electron chi connectivity index (χ1n) is 5.33. The van der Waals surface area contributed by atoms with E-state index in [0.29, 0.717) is 10.0 Å². The number of aliphatic hydroxyl groups is 1. The minimum absolute atomic E-state index is 0.508. The van der Waals surface area contributed by atoms with Crippen molar-refractivity contribution in [2.24, 2.45) is 0 Å². The van der Waals surface area contributed by atoms with Crippen LogP contribution in [0.15, 0.2) is 46.5 Å². The number of aliphatic hydroxyl groups excluding tert-OH is 1. The molecule has 1 heterocycles. The van der Waals surface area contributed by atoms with E-state index in [1.807, 2.05) is 12.1 Å². The Bertz CT molecular complexity index is 543. The molecule has 1 N–H and O–H groups in total. The molecule has 1 unspecified atom stereocenters. The van der Waals surface area contributed by atoms with Crippen LogP contribution in [0.3, 0.4) is 0 Å². The van der Waals surface area contributed by atoms with Gasteiger partial charge in [-0.25, -0.2) is 4.98 Å². The summed E-state index contributed by atoms with van der Waals surface area (Å²) in [4.78, 5) is 5.13. The van der Waals surface area contributed by atoms with Gasteiger partial charge < -0.3 is 5.11 Å². The third-order valence-corrected chi connectivity index (χ3v) is 4.03. The van der Waals surface area contributed by atoms with Crippen molar-refractivity contribution < 1.29 is 5.11 Å². The third-order valence-electron chi connectivity index (χ3n) is 2.35. The molecule has 0 aliphatic heterocycles. The van der Waals surface area contributed by atoms with Crippen molar-refractivity contribution in [3.05, 3.63) is 52.1 Å². The normalized spacial score (nSPS) is 12.4. The fourth-order valence-electron chi connectivity index (χ4n) is 1.37. The first kappa shape index (κ1) is 13.7. The van der Waals surface area contributed by atoms with Crippen molar-refractivity contribution in [1.82, 2.24) is 4.98 Å². The molecule has 18 heavy (non-hydrogen) atoms. The Balaban J connectivity index is 2.21. The van der Waals surface area contributed by atoms with Crippen LogP contribution in [-0.2, 0) is 0 Å². The van der Waals surface area contributed by atoms with Gasteiger partial charge in [0.15, 0.2) is 0 Å². The fraction of sp³-hybridized carbons (Fsp3) is 0.154. The van der Waals surface area contributed by atoms with Crippen LogP contribution in [0, 0.1) is 0 Å². The summed E-state index contributed by atoms with van der Waals surface area (Å²) < 4.78 is 0. The quantitative estimate of drug-likeness (QED) is 0.899. The molecule has 1 atom stereocenters. The van der Waals surface area contributed by atoms with E-state index in [2.05, 4.69) is 4.98 Å². The highest BCUT2D eigenvalue weighted by Crippen LogP contribution is 2.34. The molecular weight excluding hydrogens is 289 g/mol. The van der Waals surface area contributed by atoms with Crippen molar-refractivity contribution in [3.63, 3.8) is 0 Å². The summed E-state index contributed by atoms with van der Waals surface area (Å²) in [7, 11) is 0. The number of benzene rings is 1. The lowest BCUT2D eigenvalue weighted by Crippen LogP contribution is -1.92. The third kappa shape index (κ3) is 3.39. The smallest absolute Gasteiger partial charge is 0.101 e. The topological polar surface area (TPSA) is 33.1 Å². The number of pyridine rings is 1. The largest absolute Gasteiger partial charge is 0.389 e. The van der Waals surface area contributed by atoms with Gasteiger partial charge in [-0.15, -0.1) is 0 Å². The van der Waals surface area contributed by atoms with Gasteiger partial charge >= 0.3 is 0 Å². The van der Waals surface area contributed by atoms with E-state index in [-0.39, 0.29) is 0 Å². The maximum Gasteiger partial charge on any atom is 0.101 e. The Hall–Kier alpha value is -0.740. The van der Waals surface area contributed by atoms with Gasteiger partial charge in [0.2, 0.25) is 0 Å². The van der Waals surface area contributed by atoms with Crippen LogP contribution < -0.4 is 0 Å². The zero-order valence-electron chi connectivity index (χ0n) is 9.60. The number of aromatic nitrogens is 1. The molecule has 0 bridgehead atoms.